The molecule has 34 heavy (non-hydrogen) atoms. The van der Waals surface area contributed by atoms with Gasteiger partial charge in [0.2, 0.25) is 11.8 Å². The Morgan fingerprint density at radius 2 is 1.71 bits per heavy atom. The summed E-state index contributed by atoms with van der Waals surface area (Å²) in [6.45, 7) is 4.88. The predicted molar refractivity (Wildman–Crippen MR) is 128 cm³/mol. The minimum Gasteiger partial charge on any atom is -0.506 e. The summed E-state index contributed by atoms with van der Waals surface area (Å²) in [6, 6.07) is 9.84. The minimum atomic E-state index is -3.96. The molecule has 2 aromatic rings. The van der Waals surface area contributed by atoms with E-state index in [0.29, 0.717) is 0 Å². The van der Waals surface area contributed by atoms with Crippen LogP contribution in [0.5, 0.6) is 5.75 Å². The van der Waals surface area contributed by atoms with Gasteiger partial charge in [-0.25, -0.2) is 13.2 Å². The van der Waals surface area contributed by atoms with Crippen molar-refractivity contribution in [2.24, 2.45) is 0 Å². The lowest BCUT2D eigenvalue weighted by Crippen LogP contribution is -2.34. The van der Waals surface area contributed by atoms with Crippen molar-refractivity contribution in [3.05, 3.63) is 59.6 Å². The Morgan fingerprint density at radius 1 is 1.06 bits per heavy atom. The first kappa shape index (κ1) is 26.9. The Hall–Kier alpha value is -3.37. The number of phenols is 1. The summed E-state index contributed by atoms with van der Waals surface area (Å²) in [7, 11) is -3.96. The lowest BCUT2D eigenvalue weighted by molar-refractivity contribution is -0.141. The molecule has 0 saturated carbocycles. The third-order valence-electron chi connectivity index (χ3n) is 4.43. The molecule has 0 aliphatic carbocycles. The van der Waals surface area contributed by atoms with Crippen LogP contribution in [0.1, 0.15) is 27.2 Å². The third-order valence-corrected chi connectivity index (χ3v) is 6.97. The van der Waals surface area contributed by atoms with Gasteiger partial charge in [-0.15, -0.1) is 0 Å². The van der Waals surface area contributed by atoms with E-state index in [1.54, 1.807) is 39.0 Å². The molecule has 0 aliphatic heterocycles. The average Bonchev–Trinajstić information content (AvgIpc) is 2.76. The first-order chi connectivity index (χ1) is 15.9. The predicted octanol–water partition coefficient (Wildman–Crippen LogP) is 3.68. The number of anilines is 2. The molecule has 2 rings (SSSR count). The topological polar surface area (TPSA) is 139 Å². The quantitative estimate of drug-likeness (QED) is 0.266. The van der Waals surface area contributed by atoms with Crippen LogP contribution >= 0.6 is 11.6 Å². The Morgan fingerprint density at radius 3 is 2.29 bits per heavy atom. The number of ether oxygens (including phenoxy) is 1. The minimum absolute atomic E-state index is 0.00633. The standard InChI is InChI=1S/C23H25ClN2O7S/c1-4-20(34(31,32)15-8-6-5-7-9-15)23(30)26-17-13-19(27)18(12-16(17)24)25-21(28)10-11-22(29)33-14(2)3/h5-14,20,27H,4H2,1-3H3,(H,25,28)(H,26,30)/b11-10+. The van der Waals surface area contributed by atoms with Crippen molar-refractivity contribution in [1.82, 2.24) is 0 Å². The molecule has 0 heterocycles. The van der Waals surface area contributed by atoms with E-state index in [2.05, 4.69) is 10.6 Å². The Labute approximate surface area is 202 Å². The van der Waals surface area contributed by atoms with Crippen LogP contribution in [0.4, 0.5) is 11.4 Å². The second-order valence-electron chi connectivity index (χ2n) is 7.40. The zero-order valence-corrected chi connectivity index (χ0v) is 20.3. The van der Waals surface area contributed by atoms with Gasteiger partial charge >= 0.3 is 5.97 Å². The fourth-order valence-electron chi connectivity index (χ4n) is 2.88. The van der Waals surface area contributed by atoms with E-state index in [0.717, 1.165) is 18.2 Å². The fraction of sp³-hybridized carbons (Fsp3) is 0.261. The number of phenolic OH excluding ortho intramolecular Hbond substituents is 1. The molecule has 0 saturated heterocycles. The van der Waals surface area contributed by atoms with Crippen molar-refractivity contribution in [1.29, 1.82) is 0 Å². The normalized spacial score (nSPS) is 12.4. The molecule has 0 spiro atoms. The molecule has 2 amide bonds. The highest BCUT2D eigenvalue weighted by molar-refractivity contribution is 7.92. The van der Waals surface area contributed by atoms with Gasteiger partial charge in [0.15, 0.2) is 9.84 Å². The number of esters is 1. The maximum atomic E-state index is 12.9. The van der Waals surface area contributed by atoms with Crippen molar-refractivity contribution < 1.29 is 32.6 Å². The molecule has 1 unspecified atom stereocenters. The summed E-state index contributed by atoms with van der Waals surface area (Å²) in [5.41, 5.74) is -0.126. The molecule has 0 aliphatic rings. The van der Waals surface area contributed by atoms with Gasteiger partial charge in [-0.3, -0.25) is 9.59 Å². The first-order valence-electron chi connectivity index (χ1n) is 10.3. The largest absolute Gasteiger partial charge is 0.506 e. The Balaban J connectivity index is 2.16. The maximum Gasteiger partial charge on any atom is 0.331 e. The SMILES string of the molecule is CCC(C(=O)Nc1cc(O)c(NC(=O)/C=C/C(=O)OC(C)C)cc1Cl)S(=O)(=O)c1ccccc1. The van der Waals surface area contributed by atoms with Crippen LogP contribution in [0, 0.1) is 0 Å². The summed E-state index contributed by atoms with van der Waals surface area (Å²) >= 11 is 6.17. The first-order valence-corrected chi connectivity index (χ1v) is 12.2. The van der Waals surface area contributed by atoms with E-state index in [4.69, 9.17) is 16.3 Å². The summed E-state index contributed by atoms with van der Waals surface area (Å²) in [5, 5.41) is 13.6. The number of benzene rings is 2. The molecule has 0 radical (unpaired) electrons. The van der Waals surface area contributed by atoms with Crippen molar-refractivity contribution in [3.8, 4) is 5.75 Å². The van der Waals surface area contributed by atoms with E-state index in [1.807, 2.05) is 0 Å². The monoisotopic (exact) mass is 508 g/mol. The van der Waals surface area contributed by atoms with Crippen LogP contribution in [0.2, 0.25) is 5.02 Å². The molecule has 2 aromatic carbocycles. The van der Waals surface area contributed by atoms with Gasteiger partial charge in [0.1, 0.15) is 11.0 Å². The molecule has 11 heteroatoms. The molecule has 3 N–H and O–H groups in total. The smallest absolute Gasteiger partial charge is 0.331 e. The van der Waals surface area contributed by atoms with E-state index in [1.165, 1.54) is 18.2 Å². The molecular formula is C23H25ClN2O7S. The second-order valence-corrected chi connectivity index (χ2v) is 9.94. The van der Waals surface area contributed by atoms with Gasteiger partial charge in [-0.1, -0.05) is 36.7 Å². The maximum absolute atomic E-state index is 12.9. The van der Waals surface area contributed by atoms with Crippen LogP contribution in [-0.4, -0.2) is 42.7 Å². The van der Waals surface area contributed by atoms with Gasteiger partial charge in [-0.05, 0) is 38.5 Å². The second kappa shape index (κ2) is 11.7. The van der Waals surface area contributed by atoms with Crippen molar-refractivity contribution >= 4 is 50.6 Å². The number of carbonyl (C=O) groups excluding carboxylic acids is 3. The van der Waals surface area contributed by atoms with Gasteiger partial charge in [0, 0.05) is 18.2 Å². The number of hydrogen-bond acceptors (Lipinski definition) is 7. The summed E-state index contributed by atoms with van der Waals surface area (Å²) in [6.07, 6.45) is 1.52. The number of halogens is 1. The molecular weight excluding hydrogens is 484 g/mol. The number of aromatic hydroxyl groups is 1. The molecule has 182 valence electrons. The Bertz CT molecular complexity index is 1200. The molecule has 0 fully saturated rings. The zero-order chi connectivity index (χ0) is 25.5. The Kier molecular flexibility index (Phi) is 9.22. The van der Waals surface area contributed by atoms with Gasteiger partial charge < -0.3 is 20.5 Å². The van der Waals surface area contributed by atoms with Crippen molar-refractivity contribution in [3.63, 3.8) is 0 Å². The molecule has 0 aromatic heterocycles. The number of carbonyl (C=O) groups is 3. The van der Waals surface area contributed by atoms with Gasteiger partial charge in [0.05, 0.1) is 27.4 Å². The number of sulfone groups is 1. The summed E-state index contributed by atoms with van der Waals surface area (Å²) < 4.78 is 30.6. The van der Waals surface area contributed by atoms with E-state index >= 15 is 0 Å². The van der Waals surface area contributed by atoms with Crippen LogP contribution in [0.15, 0.2) is 59.5 Å². The lowest BCUT2D eigenvalue weighted by Gasteiger charge is -2.17. The number of amides is 2. The lowest BCUT2D eigenvalue weighted by atomic mass is 10.2. The fourth-order valence-corrected chi connectivity index (χ4v) is 4.74. The van der Waals surface area contributed by atoms with Crippen LogP contribution < -0.4 is 10.6 Å². The number of rotatable bonds is 9. The van der Waals surface area contributed by atoms with E-state index in [9.17, 15) is 27.9 Å². The highest BCUT2D eigenvalue weighted by Crippen LogP contribution is 2.34. The van der Waals surface area contributed by atoms with Gasteiger partial charge in [0.25, 0.3) is 0 Å². The summed E-state index contributed by atoms with van der Waals surface area (Å²) in [5.74, 6) is -2.70. The van der Waals surface area contributed by atoms with Gasteiger partial charge in [-0.2, -0.15) is 0 Å². The van der Waals surface area contributed by atoms with Crippen LogP contribution in [-0.2, 0) is 29.0 Å². The molecule has 9 nitrogen and oxygen atoms in total. The zero-order valence-electron chi connectivity index (χ0n) is 18.7. The summed E-state index contributed by atoms with van der Waals surface area (Å²) in [4.78, 5) is 36.3. The average molecular weight is 509 g/mol. The highest BCUT2D eigenvalue weighted by atomic mass is 35.5. The van der Waals surface area contributed by atoms with E-state index in [-0.39, 0.29) is 33.8 Å². The highest BCUT2D eigenvalue weighted by Gasteiger charge is 2.32. The van der Waals surface area contributed by atoms with E-state index < -0.39 is 38.6 Å². The van der Waals surface area contributed by atoms with Crippen molar-refractivity contribution in [2.45, 2.75) is 43.4 Å². The molecule has 0 bridgehead atoms. The molecule has 1 atom stereocenters. The number of hydrogen-bond donors (Lipinski definition) is 3. The van der Waals surface area contributed by atoms with Crippen molar-refractivity contribution in [2.75, 3.05) is 10.6 Å². The number of nitrogens with one attached hydrogen (secondary N) is 2. The van der Waals surface area contributed by atoms with Crippen LogP contribution in [0.3, 0.4) is 0 Å². The third kappa shape index (κ3) is 7.06. The van der Waals surface area contributed by atoms with Crippen LogP contribution in [0.25, 0.3) is 0 Å².